The highest BCUT2D eigenvalue weighted by Crippen LogP contribution is 2.34. The van der Waals surface area contributed by atoms with Crippen LogP contribution in [-0.2, 0) is 20.0 Å². The number of hydrogen-bond acceptors (Lipinski definition) is 7. The molecule has 0 unspecified atom stereocenters. The molecule has 35 heavy (non-hydrogen) atoms. The van der Waals surface area contributed by atoms with Crippen molar-refractivity contribution in [3.63, 3.8) is 0 Å². The van der Waals surface area contributed by atoms with Gasteiger partial charge >= 0.3 is 0 Å². The number of anilines is 2. The van der Waals surface area contributed by atoms with Gasteiger partial charge < -0.3 is 14.6 Å². The Hall–Kier alpha value is -3.96. The van der Waals surface area contributed by atoms with Crippen LogP contribution in [0.5, 0.6) is 17.2 Å². The van der Waals surface area contributed by atoms with Crippen LogP contribution < -0.4 is 18.9 Å². The van der Waals surface area contributed by atoms with Crippen molar-refractivity contribution in [3.05, 3.63) is 78.9 Å². The molecule has 0 amide bonds. The van der Waals surface area contributed by atoms with Crippen LogP contribution in [0.1, 0.15) is 0 Å². The van der Waals surface area contributed by atoms with E-state index in [0.29, 0.717) is 11.1 Å². The minimum Gasteiger partial charge on any atom is -0.508 e. The Morgan fingerprint density at radius 2 is 1.23 bits per heavy atom. The fraction of sp³-hybridized carbons (Fsp3) is 0.0833. The maximum atomic E-state index is 13.4. The summed E-state index contributed by atoms with van der Waals surface area (Å²) < 4.78 is 68.7. The number of hydrogen-bond donors (Lipinski definition) is 3. The van der Waals surface area contributed by atoms with E-state index in [4.69, 9.17) is 9.47 Å². The minimum atomic E-state index is -4.32. The van der Waals surface area contributed by atoms with Gasteiger partial charge in [0.15, 0.2) is 0 Å². The van der Waals surface area contributed by atoms with Gasteiger partial charge in [0.05, 0.1) is 35.4 Å². The molecule has 11 heteroatoms. The largest absolute Gasteiger partial charge is 0.508 e. The van der Waals surface area contributed by atoms with E-state index in [1.165, 1.54) is 50.6 Å². The molecule has 0 heterocycles. The van der Waals surface area contributed by atoms with E-state index < -0.39 is 20.0 Å². The number of sulfonamides is 2. The molecule has 0 saturated heterocycles. The van der Waals surface area contributed by atoms with E-state index in [9.17, 15) is 21.9 Å². The minimum absolute atomic E-state index is 0.142. The summed E-state index contributed by atoms with van der Waals surface area (Å²) in [5.74, 6) is 0.409. The van der Waals surface area contributed by atoms with Crippen LogP contribution in [0.3, 0.4) is 0 Å². The molecule has 9 nitrogen and oxygen atoms in total. The predicted octanol–water partition coefficient (Wildman–Crippen LogP) is 4.16. The Morgan fingerprint density at radius 1 is 0.686 bits per heavy atom. The van der Waals surface area contributed by atoms with E-state index in [1.54, 1.807) is 36.4 Å². The normalized spacial score (nSPS) is 11.7. The lowest BCUT2D eigenvalue weighted by Crippen LogP contribution is -2.17. The average molecular weight is 515 g/mol. The molecule has 4 aromatic rings. The highest BCUT2D eigenvalue weighted by Gasteiger charge is 2.25. The highest BCUT2D eigenvalue weighted by atomic mass is 32.2. The van der Waals surface area contributed by atoms with Gasteiger partial charge in [-0.2, -0.15) is 0 Å². The summed E-state index contributed by atoms with van der Waals surface area (Å²) in [5, 5.41) is 10.4. The molecule has 0 fully saturated rings. The quantitative estimate of drug-likeness (QED) is 0.322. The molecule has 3 N–H and O–H groups in total. The Bertz CT molecular complexity index is 1620. The number of para-hydroxylation sites is 4. The number of nitrogens with one attached hydrogen (secondary N) is 2. The molecule has 0 spiro atoms. The van der Waals surface area contributed by atoms with Gasteiger partial charge in [-0.25, -0.2) is 16.8 Å². The van der Waals surface area contributed by atoms with Crippen LogP contribution in [0.2, 0.25) is 0 Å². The van der Waals surface area contributed by atoms with Crippen LogP contribution >= 0.6 is 0 Å². The van der Waals surface area contributed by atoms with Crippen molar-refractivity contribution in [2.45, 2.75) is 9.79 Å². The Kier molecular flexibility index (Phi) is 6.46. The lowest BCUT2D eigenvalue weighted by Gasteiger charge is -2.16. The van der Waals surface area contributed by atoms with Crippen molar-refractivity contribution in [1.29, 1.82) is 0 Å². The van der Waals surface area contributed by atoms with Gasteiger partial charge in [-0.15, -0.1) is 0 Å². The average Bonchev–Trinajstić information content (AvgIpc) is 2.83. The number of ether oxygens (including phenoxy) is 2. The van der Waals surface area contributed by atoms with Crippen molar-refractivity contribution in [3.8, 4) is 17.2 Å². The first kappa shape index (κ1) is 24.2. The summed E-state index contributed by atoms with van der Waals surface area (Å²) in [6.07, 6.45) is 0. The first-order chi connectivity index (χ1) is 16.6. The molecular formula is C24H22N2O7S2. The first-order valence-electron chi connectivity index (χ1n) is 10.2. The molecule has 0 saturated carbocycles. The topological polar surface area (TPSA) is 131 Å². The number of phenolic OH excluding ortho intramolecular Hbond substituents is 1. The lowest BCUT2D eigenvalue weighted by molar-refractivity contribution is 0.417. The van der Waals surface area contributed by atoms with Gasteiger partial charge in [0.1, 0.15) is 17.2 Å². The summed E-state index contributed by atoms with van der Waals surface area (Å²) >= 11 is 0. The lowest BCUT2D eigenvalue weighted by atomic mass is 10.1. The van der Waals surface area contributed by atoms with Crippen LogP contribution in [-0.4, -0.2) is 36.2 Å². The van der Waals surface area contributed by atoms with E-state index in [-0.39, 0.29) is 38.1 Å². The smallest absolute Gasteiger partial charge is 0.262 e. The van der Waals surface area contributed by atoms with Crippen molar-refractivity contribution in [2.75, 3.05) is 23.7 Å². The zero-order valence-electron chi connectivity index (χ0n) is 18.7. The Labute approximate surface area is 203 Å². The zero-order chi connectivity index (χ0) is 25.2. The second-order valence-corrected chi connectivity index (χ2v) is 10.8. The fourth-order valence-corrected chi connectivity index (χ4v) is 6.05. The standard InChI is InChI=1S/C24H22N2O7S2/c1-32-22-9-5-3-7-20(22)25-34(28,29)18-13-16-11-12-17(27)14-19(16)24(15-18)35(30,31)26-21-8-4-6-10-23(21)33-2/h3-15,25-27H,1-2H3. The van der Waals surface area contributed by atoms with Crippen molar-refractivity contribution in [1.82, 2.24) is 0 Å². The third-order valence-electron chi connectivity index (χ3n) is 5.18. The number of methoxy groups -OCH3 is 2. The number of fused-ring (bicyclic) bond motifs is 1. The summed E-state index contributed by atoms with van der Waals surface area (Å²) in [6, 6.07) is 19.3. The van der Waals surface area contributed by atoms with Crippen molar-refractivity contribution >= 4 is 42.2 Å². The third kappa shape index (κ3) is 4.96. The predicted molar refractivity (Wildman–Crippen MR) is 133 cm³/mol. The molecule has 4 rings (SSSR count). The number of aromatic hydroxyl groups is 1. The van der Waals surface area contributed by atoms with Crippen molar-refractivity contribution in [2.24, 2.45) is 0 Å². The van der Waals surface area contributed by atoms with Crippen molar-refractivity contribution < 1.29 is 31.4 Å². The second kappa shape index (κ2) is 9.35. The first-order valence-corrected chi connectivity index (χ1v) is 13.2. The van der Waals surface area contributed by atoms with Crippen LogP contribution in [0.25, 0.3) is 10.8 Å². The van der Waals surface area contributed by atoms with E-state index >= 15 is 0 Å². The number of benzene rings is 4. The zero-order valence-corrected chi connectivity index (χ0v) is 20.4. The van der Waals surface area contributed by atoms with Crippen LogP contribution in [0.15, 0.2) is 88.7 Å². The molecule has 0 aromatic heterocycles. The number of phenols is 1. The molecule has 4 aromatic carbocycles. The maximum absolute atomic E-state index is 13.4. The molecule has 0 bridgehead atoms. The summed E-state index contributed by atoms with van der Waals surface area (Å²) in [6.45, 7) is 0. The molecule has 0 atom stereocenters. The monoisotopic (exact) mass is 514 g/mol. The van der Waals surface area contributed by atoms with Gasteiger partial charge in [-0.3, -0.25) is 9.44 Å². The summed E-state index contributed by atoms with van der Waals surface area (Å²) in [4.78, 5) is -0.626. The SMILES string of the molecule is COc1ccccc1NS(=O)(=O)c1cc(S(=O)(=O)Nc2ccccc2OC)c2cc(O)ccc2c1. The molecule has 0 aliphatic rings. The van der Waals surface area contributed by atoms with Crippen LogP contribution in [0, 0.1) is 0 Å². The Morgan fingerprint density at radius 3 is 1.80 bits per heavy atom. The van der Waals surface area contributed by atoms with Gasteiger partial charge in [-0.1, -0.05) is 30.3 Å². The van der Waals surface area contributed by atoms with Gasteiger partial charge in [0.2, 0.25) is 0 Å². The Balaban J connectivity index is 1.87. The van der Waals surface area contributed by atoms with E-state index in [1.807, 2.05) is 0 Å². The van der Waals surface area contributed by atoms with Crippen LogP contribution in [0.4, 0.5) is 11.4 Å². The fourth-order valence-electron chi connectivity index (χ4n) is 3.52. The summed E-state index contributed by atoms with van der Waals surface area (Å²) in [5.41, 5.74) is 0.362. The molecule has 0 aliphatic carbocycles. The third-order valence-corrected chi connectivity index (χ3v) is 7.93. The molecule has 182 valence electrons. The van der Waals surface area contributed by atoms with Gasteiger partial charge in [0.25, 0.3) is 20.0 Å². The van der Waals surface area contributed by atoms with Gasteiger partial charge in [-0.05, 0) is 53.9 Å². The van der Waals surface area contributed by atoms with E-state index in [2.05, 4.69) is 9.44 Å². The number of rotatable bonds is 8. The van der Waals surface area contributed by atoms with E-state index in [0.717, 1.165) is 6.07 Å². The van der Waals surface area contributed by atoms with Gasteiger partial charge in [0, 0.05) is 5.39 Å². The molecular weight excluding hydrogens is 492 g/mol. The summed E-state index contributed by atoms with van der Waals surface area (Å²) in [7, 11) is -5.73. The molecule has 0 radical (unpaired) electrons. The maximum Gasteiger partial charge on any atom is 0.262 e. The second-order valence-electron chi connectivity index (χ2n) is 7.44. The highest BCUT2D eigenvalue weighted by molar-refractivity contribution is 7.93. The molecule has 0 aliphatic heterocycles.